The molecule has 2 heterocycles. The Kier molecular flexibility index (Phi) is 2.06. The number of hydrogen-bond donors (Lipinski definition) is 1. The Labute approximate surface area is 74.5 Å². The lowest BCUT2D eigenvalue weighted by Gasteiger charge is -1.86. The molecule has 2 nitrogen and oxygen atoms in total. The summed E-state index contributed by atoms with van der Waals surface area (Å²) in [6, 6.07) is 4.09. The number of rotatable bonds is 2. The lowest BCUT2D eigenvalue weighted by Crippen LogP contribution is -1.84. The van der Waals surface area contributed by atoms with Gasteiger partial charge in [0.25, 0.3) is 0 Å². The van der Waals surface area contributed by atoms with E-state index in [0.717, 1.165) is 6.42 Å². The zero-order valence-electron chi connectivity index (χ0n) is 6.53. The molecule has 0 aliphatic heterocycles. The van der Waals surface area contributed by atoms with Crippen molar-refractivity contribution in [1.29, 1.82) is 0 Å². The van der Waals surface area contributed by atoms with Crippen molar-refractivity contribution in [3.8, 4) is 0 Å². The molecule has 3 heteroatoms. The van der Waals surface area contributed by atoms with Gasteiger partial charge in [-0.15, -0.1) is 11.3 Å². The molecule has 1 N–H and O–H groups in total. The standard InChI is InChI=1S/C9H9NOS/c11-4-2-8-5-7-6-10-3-1-9(7)12-8/h1,3,5-6,11H,2,4H2. The van der Waals surface area contributed by atoms with Gasteiger partial charge in [0.05, 0.1) is 0 Å². The van der Waals surface area contributed by atoms with E-state index in [1.165, 1.54) is 15.0 Å². The molecule has 0 unspecified atom stereocenters. The molecule has 0 aliphatic carbocycles. The maximum Gasteiger partial charge on any atom is 0.0479 e. The van der Waals surface area contributed by atoms with Crippen LogP contribution in [0.2, 0.25) is 0 Å². The molecule has 0 fully saturated rings. The van der Waals surface area contributed by atoms with Crippen molar-refractivity contribution >= 4 is 21.4 Å². The maximum atomic E-state index is 8.74. The van der Waals surface area contributed by atoms with E-state index >= 15 is 0 Å². The van der Waals surface area contributed by atoms with E-state index in [1.54, 1.807) is 17.5 Å². The topological polar surface area (TPSA) is 33.1 Å². The van der Waals surface area contributed by atoms with E-state index in [-0.39, 0.29) is 6.61 Å². The Morgan fingerprint density at radius 1 is 1.50 bits per heavy atom. The SMILES string of the molecule is OCCc1cc2cnccc2s1. The highest BCUT2D eigenvalue weighted by Gasteiger charge is 1.99. The Morgan fingerprint density at radius 2 is 2.42 bits per heavy atom. The molecule has 62 valence electrons. The molecular formula is C9H9NOS. The van der Waals surface area contributed by atoms with Crippen molar-refractivity contribution in [2.24, 2.45) is 0 Å². The normalized spacial score (nSPS) is 10.8. The monoisotopic (exact) mass is 179 g/mol. The largest absolute Gasteiger partial charge is 0.396 e. The number of nitrogens with zero attached hydrogens (tertiary/aromatic N) is 1. The van der Waals surface area contributed by atoms with Crippen LogP contribution in [0.5, 0.6) is 0 Å². The zero-order valence-corrected chi connectivity index (χ0v) is 7.34. The van der Waals surface area contributed by atoms with Crippen LogP contribution in [0.4, 0.5) is 0 Å². The Hall–Kier alpha value is -0.930. The third-order valence-electron chi connectivity index (χ3n) is 1.73. The van der Waals surface area contributed by atoms with Gasteiger partial charge in [-0.25, -0.2) is 0 Å². The first kappa shape index (κ1) is 7.71. The van der Waals surface area contributed by atoms with Gasteiger partial charge in [-0.2, -0.15) is 0 Å². The van der Waals surface area contributed by atoms with Crippen molar-refractivity contribution in [3.05, 3.63) is 29.4 Å². The second-order valence-electron chi connectivity index (χ2n) is 2.60. The van der Waals surface area contributed by atoms with E-state index < -0.39 is 0 Å². The molecule has 0 aliphatic rings. The van der Waals surface area contributed by atoms with Crippen LogP contribution >= 0.6 is 11.3 Å². The molecule has 0 spiro atoms. The molecule has 2 aromatic heterocycles. The molecule has 0 atom stereocenters. The van der Waals surface area contributed by atoms with Crippen LogP contribution in [0.3, 0.4) is 0 Å². The van der Waals surface area contributed by atoms with Crippen LogP contribution in [-0.4, -0.2) is 16.7 Å². The Morgan fingerprint density at radius 3 is 3.17 bits per heavy atom. The quantitative estimate of drug-likeness (QED) is 0.763. The number of fused-ring (bicyclic) bond motifs is 1. The predicted molar refractivity (Wildman–Crippen MR) is 50.4 cm³/mol. The van der Waals surface area contributed by atoms with Crippen LogP contribution in [0.1, 0.15) is 4.88 Å². The molecular weight excluding hydrogens is 170 g/mol. The third kappa shape index (κ3) is 1.33. The van der Waals surface area contributed by atoms with Gasteiger partial charge in [0.2, 0.25) is 0 Å². The summed E-state index contributed by atoms with van der Waals surface area (Å²) in [7, 11) is 0. The molecule has 0 aromatic carbocycles. The molecule has 2 rings (SSSR count). The zero-order chi connectivity index (χ0) is 8.39. The molecule has 12 heavy (non-hydrogen) atoms. The number of thiophene rings is 1. The first-order valence-electron chi connectivity index (χ1n) is 3.83. The number of aliphatic hydroxyl groups excluding tert-OH is 1. The van der Waals surface area contributed by atoms with Crippen LogP contribution in [0.25, 0.3) is 10.1 Å². The summed E-state index contributed by atoms with van der Waals surface area (Å²) >= 11 is 1.72. The lowest BCUT2D eigenvalue weighted by atomic mass is 10.3. The molecule has 0 bridgehead atoms. The Balaban J connectivity index is 2.47. The van der Waals surface area contributed by atoms with Crippen molar-refractivity contribution in [3.63, 3.8) is 0 Å². The van der Waals surface area contributed by atoms with Crippen molar-refractivity contribution in [1.82, 2.24) is 4.98 Å². The minimum atomic E-state index is 0.222. The summed E-state index contributed by atoms with van der Waals surface area (Å²) in [5.41, 5.74) is 0. The maximum absolute atomic E-state index is 8.74. The van der Waals surface area contributed by atoms with Gasteiger partial charge in [-0.05, 0) is 12.1 Å². The summed E-state index contributed by atoms with van der Waals surface area (Å²) in [5, 5.41) is 9.91. The smallest absolute Gasteiger partial charge is 0.0479 e. The van der Waals surface area contributed by atoms with Gasteiger partial charge in [-0.1, -0.05) is 0 Å². The average molecular weight is 179 g/mol. The van der Waals surface area contributed by atoms with E-state index in [0.29, 0.717) is 0 Å². The highest BCUT2D eigenvalue weighted by atomic mass is 32.1. The van der Waals surface area contributed by atoms with Crippen LogP contribution in [0, 0.1) is 0 Å². The van der Waals surface area contributed by atoms with Gasteiger partial charge >= 0.3 is 0 Å². The fourth-order valence-corrected chi connectivity index (χ4v) is 2.19. The Bertz CT molecular complexity index is 350. The summed E-state index contributed by atoms with van der Waals surface area (Å²) in [4.78, 5) is 5.25. The van der Waals surface area contributed by atoms with Crippen molar-refractivity contribution in [2.75, 3.05) is 6.61 Å². The van der Waals surface area contributed by atoms with Gasteiger partial charge < -0.3 is 5.11 Å². The van der Waals surface area contributed by atoms with E-state index in [2.05, 4.69) is 11.1 Å². The van der Waals surface area contributed by atoms with Crippen LogP contribution in [0.15, 0.2) is 24.5 Å². The molecule has 0 radical (unpaired) electrons. The molecule has 0 saturated heterocycles. The molecule has 0 saturated carbocycles. The average Bonchev–Trinajstić information content (AvgIpc) is 2.47. The number of aliphatic hydroxyl groups is 1. The minimum Gasteiger partial charge on any atom is -0.396 e. The highest BCUT2D eigenvalue weighted by Crippen LogP contribution is 2.24. The minimum absolute atomic E-state index is 0.222. The van der Waals surface area contributed by atoms with Crippen LogP contribution in [-0.2, 0) is 6.42 Å². The lowest BCUT2D eigenvalue weighted by molar-refractivity contribution is 0.300. The first-order chi connectivity index (χ1) is 5.90. The second-order valence-corrected chi connectivity index (χ2v) is 3.77. The van der Waals surface area contributed by atoms with Crippen LogP contribution < -0.4 is 0 Å². The second kappa shape index (κ2) is 3.21. The number of pyridine rings is 1. The van der Waals surface area contributed by atoms with Gasteiger partial charge in [0.1, 0.15) is 0 Å². The van der Waals surface area contributed by atoms with E-state index in [4.69, 9.17) is 5.11 Å². The first-order valence-corrected chi connectivity index (χ1v) is 4.65. The van der Waals surface area contributed by atoms with Crippen molar-refractivity contribution in [2.45, 2.75) is 6.42 Å². The highest BCUT2D eigenvalue weighted by molar-refractivity contribution is 7.19. The predicted octanol–water partition coefficient (Wildman–Crippen LogP) is 1.83. The fraction of sp³-hybridized carbons (Fsp3) is 0.222. The number of hydrogen-bond acceptors (Lipinski definition) is 3. The van der Waals surface area contributed by atoms with Gasteiger partial charge in [0, 0.05) is 40.4 Å². The summed E-state index contributed by atoms with van der Waals surface area (Å²) in [6.07, 6.45) is 4.40. The summed E-state index contributed by atoms with van der Waals surface area (Å²) in [5.74, 6) is 0. The van der Waals surface area contributed by atoms with E-state index in [1.807, 2.05) is 12.3 Å². The van der Waals surface area contributed by atoms with E-state index in [9.17, 15) is 0 Å². The molecule has 0 amide bonds. The molecule has 2 aromatic rings. The number of aromatic nitrogens is 1. The van der Waals surface area contributed by atoms with Gasteiger partial charge in [0.15, 0.2) is 0 Å². The summed E-state index contributed by atoms with van der Waals surface area (Å²) < 4.78 is 1.24. The third-order valence-corrected chi connectivity index (χ3v) is 2.90. The fourth-order valence-electron chi connectivity index (χ4n) is 1.17. The van der Waals surface area contributed by atoms with Gasteiger partial charge in [-0.3, -0.25) is 4.98 Å². The summed E-state index contributed by atoms with van der Waals surface area (Å²) in [6.45, 7) is 0.222. The van der Waals surface area contributed by atoms with Crippen molar-refractivity contribution < 1.29 is 5.11 Å².